The summed E-state index contributed by atoms with van der Waals surface area (Å²) in [6.45, 7) is 23.8. The number of hydrogen-bond acceptors (Lipinski definition) is 21. The van der Waals surface area contributed by atoms with Gasteiger partial charge < -0.3 is 39.8 Å². The van der Waals surface area contributed by atoms with Crippen molar-refractivity contribution in [2.45, 2.75) is 146 Å². The number of hydrogen-bond donors (Lipinski definition) is 0. The molecule has 0 spiro atoms. The van der Waals surface area contributed by atoms with Crippen LogP contribution in [0.25, 0.3) is 0 Å². The fourth-order valence-corrected chi connectivity index (χ4v) is 40.9. The third kappa shape index (κ3) is 30.3. The molecule has 0 aromatic carbocycles. The van der Waals surface area contributed by atoms with Crippen LogP contribution in [0.1, 0.15) is 146 Å². The van der Waals surface area contributed by atoms with Crippen LogP contribution in [0.3, 0.4) is 0 Å². The molecular formula is C39H84O9S12Si3. The Bertz CT molecular complexity index is 945. The maximum absolute atomic E-state index is 6.12. The van der Waals surface area contributed by atoms with Crippen molar-refractivity contribution < 1.29 is 39.8 Å². The molecule has 0 aromatic heterocycles. The van der Waals surface area contributed by atoms with E-state index < -0.39 is 26.4 Å². The lowest BCUT2D eigenvalue weighted by Gasteiger charge is -2.42. The van der Waals surface area contributed by atoms with Crippen LogP contribution in [-0.2, 0) is 39.8 Å². The average molecular weight is 1170 g/mol. The summed E-state index contributed by atoms with van der Waals surface area (Å²) in [5, 5.41) is 2.31. The second-order valence-electron chi connectivity index (χ2n) is 14.3. The second-order valence-corrected chi connectivity index (χ2v) is 42.0. The van der Waals surface area contributed by atoms with E-state index in [1.807, 2.05) is 186 Å². The molecule has 0 N–H and O–H groups in total. The van der Waals surface area contributed by atoms with Crippen LogP contribution in [0.2, 0.25) is 0 Å². The lowest BCUT2D eigenvalue weighted by atomic mass is 9.65. The molecule has 1 unspecified atom stereocenters. The molecule has 1 fully saturated rings. The predicted molar refractivity (Wildman–Crippen MR) is 308 cm³/mol. The van der Waals surface area contributed by atoms with E-state index in [4.69, 9.17) is 39.8 Å². The van der Waals surface area contributed by atoms with Crippen molar-refractivity contribution >= 4 is 150 Å². The van der Waals surface area contributed by atoms with Gasteiger partial charge in [0.1, 0.15) is 0 Å². The maximum atomic E-state index is 6.12. The van der Waals surface area contributed by atoms with Crippen molar-refractivity contribution in [2.75, 3.05) is 92.8 Å². The first kappa shape index (κ1) is 65.5. The van der Waals surface area contributed by atoms with E-state index >= 15 is 0 Å². The van der Waals surface area contributed by atoms with Crippen molar-refractivity contribution in [3.05, 3.63) is 0 Å². The molecule has 0 radical (unpaired) electrons. The summed E-state index contributed by atoms with van der Waals surface area (Å²) in [7, 11) is 15.0. The van der Waals surface area contributed by atoms with E-state index in [0.29, 0.717) is 64.9 Å². The smallest absolute Gasteiger partial charge is 0.373 e. The third-order valence-corrected chi connectivity index (χ3v) is 42.3. The van der Waals surface area contributed by atoms with Crippen LogP contribution >= 0.6 is 124 Å². The molecule has 0 bridgehead atoms. The standard InChI is InChI=1S/C39H84O9S12Si3/c1-10-40-61(41-11-2,42-12-3)35-52-58-55-49-32-28-38-27-25-23-21-19-20-22-24-26-29-39(38,30-33-50-56-59-53-36-62(43-13-4,44-14-5)45-15-6)31-34-51-57-60-54-37-63(46-16-7,47-17-8)48-18-9/h38H,10-37H2,1-9H3. The van der Waals surface area contributed by atoms with E-state index in [9.17, 15) is 0 Å². The van der Waals surface area contributed by atoms with Crippen molar-refractivity contribution in [1.29, 1.82) is 0 Å². The van der Waals surface area contributed by atoms with Crippen LogP contribution in [-0.4, -0.2) is 119 Å². The van der Waals surface area contributed by atoms with Crippen molar-refractivity contribution in [3.63, 3.8) is 0 Å². The van der Waals surface area contributed by atoms with E-state index in [-0.39, 0.29) is 0 Å². The predicted octanol–water partition coefficient (Wildman–Crippen LogP) is 16.5. The Labute approximate surface area is 435 Å². The Kier molecular flexibility index (Phi) is 45.8. The summed E-state index contributed by atoms with van der Waals surface area (Å²) < 4.78 is 55.0. The Morgan fingerprint density at radius 3 is 0.984 bits per heavy atom. The van der Waals surface area contributed by atoms with Gasteiger partial charge in [-0.2, -0.15) is 0 Å². The van der Waals surface area contributed by atoms with Crippen LogP contribution in [0.5, 0.6) is 0 Å². The van der Waals surface area contributed by atoms with Gasteiger partial charge in [0.25, 0.3) is 0 Å². The van der Waals surface area contributed by atoms with Crippen LogP contribution in [0.4, 0.5) is 0 Å². The summed E-state index contributed by atoms with van der Waals surface area (Å²) in [5.74, 6) is 4.23. The zero-order valence-corrected chi connectivity index (χ0v) is 52.7. The largest absolute Gasteiger partial charge is 0.512 e. The van der Waals surface area contributed by atoms with Gasteiger partial charge in [-0.25, -0.2) is 0 Å². The van der Waals surface area contributed by atoms with Gasteiger partial charge in [0.05, 0.1) is 16.1 Å². The molecule has 1 rings (SSSR count). The van der Waals surface area contributed by atoms with Gasteiger partial charge in [-0.05, 0) is 165 Å². The van der Waals surface area contributed by atoms with Crippen molar-refractivity contribution in [1.82, 2.24) is 0 Å². The van der Waals surface area contributed by atoms with E-state index in [2.05, 4.69) is 0 Å². The van der Waals surface area contributed by atoms with E-state index in [1.54, 1.807) is 0 Å². The molecule has 9 nitrogen and oxygen atoms in total. The molecule has 1 saturated carbocycles. The van der Waals surface area contributed by atoms with E-state index in [1.165, 1.54) is 101 Å². The van der Waals surface area contributed by atoms with Crippen LogP contribution in [0.15, 0.2) is 0 Å². The third-order valence-electron chi connectivity index (χ3n) is 10.1. The van der Waals surface area contributed by atoms with Gasteiger partial charge in [-0.1, -0.05) is 116 Å². The summed E-state index contributed by atoms with van der Waals surface area (Å²) >= 11 is 0. The molecule has 0 aromatic rings. The molecule has 378 valence electrons. The monoisotopic (exact) mass is 1160 g/mol. The van der Waals surface area contributed by atoms with Gasteiger partial charge in [0.15, 0.2) is 0 Å². The van der Waals surface area contributed by atoms with Crippen molar-refractivity contribution in [2.24, 2.45) is 11.3 Å². The minimum Gasteiger partial charge on any atom is -0.373 e. The SMILES string of the molecule is CCO[Si](CSSSSCCC1CCCCCCCCCCC1(CCSSSSC[Si](OCC)(OCC)OCC)CCSSSSC[Si](OCC)(OCC)OCC)(OCC)OCC. The maximum Gasteiger partial charge on any atom is 0.512 e. The zero-order valence-electron chi connectivity index (χ0n) is 39.9. The molecule has 24 heteroatoms. The van der Waals surface area contributed by atoms with Gasteiger partial charge in [0, 0.05) is 76.7 Å². The highest BCUT2D eigenvalue weighted by atomic mass is 33.7. The molecule has 1 atom stereocenters. The normalized spacial score (nSPS) is 17.2. The van der Waals surface area contributed by atoms with Gasteiger partial charge in [-0.3, -0.25) is 0 Å². The molecule has 0 aliphatic heterocycles. The first-order valence-electron chi connectivity index (χ1n) is 23.3. The Balaban J connectivity index is 3.09. The highest BCUT2D eigenvalue weighted by Gasteiger charge is 2.43. The Morgan fingerprint density at radius 1 is 0.365 bits per heavy atom. The highest BCUT2D eigenvalue weighted by Crippen LogP contribution is 2.53. The second kappa shape index (κ2) is 44.0. The molecule has 63 heavy (non-hydrogen) atoms. The van der Waals surface area contributed by atoms with Crippen LogP contribution in [0, 0.1) is 11.3 Å². The summed E-state index contributed by atoms with van der Waals surface area (Å²) in [6.07, 6.45) is 17.5. The topological polar surface area (TPSA) is 83.1 Å². The van der Waals surface area contributed by atoms with Crippen LogP contribution < -0.4 is 0 Å². The summed E-state index contributed by atoms with van der Waals surface area (Å²) in [4.78, 5) is 0. The molecule has 0 saturated heterocycles. The quantitative estimate of drug-likeness (QED) is 0.0330. The van der Waals surface area contributed by atoms with E-state index in [0.717, 1.165) is 22.0 Å². The molecule has 1 aliphatic carbocycles. The summed E-state index contributed by atoms with van der Waals surface area (Å²) in [6, 6.07) is 0. The molecule has 0 heterocycles. The lowest BCUT2D eigenvalue weighted by Crippen LogP contribution is -2.49. The molecule has 0 amide bonds. The van der Waals surface area contributed by atoms with Gasteiger partial charge in [0.2, 0.25) is 0 Å². The minimum atomic E-state index is -2.66. The summed E-state index contributed by atoms with van der Waals surface area (Å²) in [5.41, 5.74) is 0.336. The highest BCUT2D eigenvalue weighted by molar-refractivity contribution is 9.27. The zero-order chi connectivity index (χ0) is 46.2. The first-order chi connectivity index (χ1) is 30.8. The number of rotatable bonds is 42. The Morgan fingerprint density at radius 2 is 0.651 bits per heavy atom. The Hall–Kier alpha value is 4.49. The minimum absolute atomic E-state index is 0.336. The lowest BCUT2D eigenvalue weighted by molar-refractivity contribution is 0.0765. The fourth-order valence-electron chi connectivity index (χ4n) is 7.59. The van der Waals surface area contributed by atoms with Gasteiger partial charge >= 0.3 is 26.4 Å². The average Bonchev–Trinajstić information content (AvgIpc) is 3.25. The van der Waals surface area contributed by atoms with Gasteiger partial charge in [-0.15, -0.1) is 0 Å². The molecule has 1 aliphatic rings. The first-order valence-corrected chi connectivity index (χ1v) is 44.5. The van der Waals surface area contributed by atoms with Crippen molar-refractivity contribution in [3.8, 4) is 0 Å². The molecular weight excluding hydrogens is 1080 g/mol. The fraction of sp³-hybridized carbons (Fsp3) is 1.00.